The van der Waals surface area contributed by atoms with Crippen LogP contribution in [0.25, 0.3) is 0 Å². The van der Waals surface area contributed by atoms with Gasteiger partial charge in [-0.15, -0.1) is 0 Å². The second kappa shape index (κ2) is 5.52. The molecule has 0 radical (unpaired) electrons. The molecule has 1 heterocycles. The molecule has 0 saturated heterocycles. The minimum atomic E-state index is -0.647. The average molecular weight is 252 g/mol. The fourth-order valence-electron chi connectivity index (χ4n) is 1.42. The molecule has 1 rings (SSSR count). The minimum Gasteiger partial charge on any atom is -0.354 e. The molecule has 0 aliphatic heterocycles. The number of nitrogens with zero attached hydrogens (tertiary/aromatic N) is 2. The van der Waals surface area contributed by atoms with E-state index in [9.17, 15) is 4.79 Å². The first-order valence-electron chi connectivity index (χ1n) is 6.23. The summed E-state index contributed by atoms with van der Waals surface area (Å²) in [4.78, 5) is 11.9. The second-order valence-corrected chi connectivity index (χ2v) is 5.94. The van der Waals surface area contributed by atoms with Crippen LogP contribution < -0.4 is 11.1 Å². The molecule has 1 amide bonds. The van der Waals surface area contributed by atoms with Crippen LogP contribution in [-0.4, -0.2) is 22.2 Å². The van der Waals surface area contributed by atoms with Gasteiger partial charge in [0.25, 0.3) is 0 Å². The molecule has 102 valence electrons. The topological polar surface area (TPSA) is 72.9 Å². The highest BCUT2D eigenvalue weighted by Gasteiger charge is 2.22. The first kappa shape index (κ1) is 14.7. The summed E-state index contributed by atoms with van der Waals surface area (Å²) in [5.41, 5.74) is 6.79. The predicted molar refractivity (Wildman–Crippen MR) is 71.8 cm³/mol. The maximum Gasteiger partial charge on any atom is 0.241 e. The Morgan fingerprint density at radius 1 is 1.56 bits per heavy atom. The number of aromatic nitrogens is 2. The molecule has 1 aromatic rings. The Balaban J connectivity index is 2.51. The van der Waals surface area contributed by atoms with Gasteiger partial charge in [-0.05, 0) is 11.3 Å². The van der Waals surface area contributed by atoms with Crippen molar-refractivity contribution in [3.63, 3.8) is 0 Å². The molecule has 0 saturated carbocycles. The standard InChI is InChI=1S/C13H24N4O/c1-9(13(2,3)4)6-15-12(18)11(14)10-7-16-17(5)8-10/h7-9,11H,6,14H2,1-5H3,(H,15,18). The molecule has 0 aromatic carbocycles. The van der Waals surface area contributed by atoms with E-state index in [0.717, 1.165) is 5.56 Å². The lowest BCUT2D eigenvalue weighted by Crippen LogP contribution is -2.38. The third-order valence-corrected chi connectivity index (χ3v) is 3.43. The van der Waals surface area contributed by atoms with Gasteiger partial charge in [0.1, 0.15) is 6.04 Å². The molecule has 5 nitrogen and oxygen atoms in total. The van der Waals surface area contributed by atoms with Gasteiger partial charge in [-0.1, -0.05) is 27.7 Å². The summed E-state index contributed by atoms with van der Waals surface area (Å²) in [6, 6.07) is -0.647. The summed E-state index contributed by atoms with van der Waals surface area (Å²) >= 11 is 0. The summed E-state index contributed by atoms with van der Waals surface area (Å²) in [6.45, 7) is 9.23. The van der Waals surface area contributed by atoms with Gasteiger partial charge < -0.3 is 11.1 Å². The van der Waals surface area contributed by atoms with Crippen molar-refractivity contribution in [2.45, 2.75) is 33.7 Å². The van der Waals surface area contributed by atoms with Crippen molar-refractivity contribution >= 4 is 5.91 Å². The molecular weight excluding hydrogens is 228 g/mol. The number of carbonyl (C=O) groups excluding carboxylic acids is 1. The third kappa shape index (κ3) is 3.84. The number of amides is 1. The summed E-state index contributed by atoms with van der Waals surface area (Å²) < 4.78 is 1.64. The molecule has 18 heavy (non-hydrogen) atoms. The van der Waals surface area contributed by atoms with Crippen molar-refractivity contribution in [3.8, 4) is 0 Å². The molecule has 1 aromatic heterocycles. The van der Waals surface area contributed by atoms with E-state index in [1.807, 2.05) is 0 Å². The molecule has 0 bridgehead atoms. The van der Waals surface area contributed by atoms with E-state index in [4.69, 9.17) is 5.73 Å². The number of nitrogens with two attached hydrogens (primary N) is 1. The molecule has 0 fully saturated rings. The normalized spacial score (nSPS) is 15.2. The van der Waals surface area contributed by atoms with Crippen molar-refractivity contribution in [3.05, 3.63) is 18.0 Å². The minimum absolute atomic E-state index is 0.154. The summed E-state index contributed by atoms with van der Waals surface area (Å²) in [5, 5.41) is 6.91. The van der Waals surface area contributed by atoms with Crippen LogP contribution in [0.4, 0.5) is 0 Å². The molecule has 3 N–H and O–H groups in total. The fraction of sp³-hybridized carbons (Fsp3) is 0.692. The summed E-state index contributed by atoms with van der Waals surface area (Å²) in [7, 11) is 1.80. The SMILES string of the molecule is CC(CNC(=O)C(N)c1cnn(C)c1)C(C)(C)C. The van der Waals surface area contributed by atoms with Crippen LogP contribution in [-0.2, 0) is 11.8 Å². The predicted octanol–water partition coefficient (Wildman–Crippen LogP) is 1.22. The van der Waals surface area contributed by atoms with Crippen molar-refractivity contribution in [2.24, 2.45) is 24.1 Å². The Morgan fingerprint density at radius 2 is 2.17 bits per heavy atom. The van der Waals surface area contributed by atoms with Crippen LogP contribution in [0.15, 0.2) is 12.4 Å². The lowest BCUT2D eigenvalue weighted by molar-refractivity contribution is -0.122. The van der Waals surface area contributed by atoms with Gasteiger partial charge >= 0.3 is 0 Å². The largest absolute Gasteiger partial charge is 0.354 e. The third-order valence-electron chi connectivity index (χ3n) is 3.43. The average Bonchev–Trinajstić information content (AvgIpc) is 2.69. The summed E-state index contributed by atoms with van der Waals surface area (Å²) in [5.74, 6) is 0.238. The first-order chi connectivity index (χ1) is 8.21. The molecule has 5 heteroatoms. The maximum atomic E-state index is 11.9. The van der Waals surface area contributed by atoms with E-state index in [0.29, 0.717) is 12.5 Å². The Bertz CT molecular complexity index is 405. The van der Waals surface area contributed by atoms with E-state index in [-0.39, 0.29) is 11.3 Å². The highest BCUT2D eigenvalue weighted by molar-refractivity contribution is 5.82. The van der Waals surface area contributed by atoms with E-state index in [1.165, 1.54) is 0 Å². The quantitative estimate of drug-likeness (QED) is 0.846. The van der Waals surface area contributed by atoms with Gasteiger partial charge in [-0.25, -0.2) is 0 Å². The van der Waals surface area contributed by atoms with Crippen LogP contribution >= 0.6 is 0 Å². The van der Waals surface area contributed by atoms with Crippen molar-refractivity contribution < 1.29 is 4.79 Å². The highest BCUT2D eigenvalue weighted by Crippen LogP contribution is 2.24. The molecule has 0 aliphatic rings. The van der Waals surface area contributed by atoms with Gasteiger partial charge in [0.05, 0.1) is 6.20 Å². The zero-order chi connectivity index (χ0) is 13.9. The van der Waals surface area contributed by atoms with Gasteiger partial charge in [0, 0.05) is 25.4 Å². The number of aryl methyl sites for hydroxylation is 1. The smallest absolute Gasteiger partial charge is 0.241 e. The lowest BCUT2D eigenvalue weighted by Gasteiger charge is -2.27. The molecule has 0 spiro atoms. The van der Waals surface area contributed by atoms with E-state index in [2.05, 4.69) is 38.1 Å². The maximum absolute atomic E-state index is 11.9. The van der Waals surface area contributed by atoms with Gasteiger partial charge in [-0.3, -0.25) is 9.48 Å². The summed E-state index contributed by atoms with van der Waals surface area (Å²) in [6.07, 6.45) is 3.38. The zero-order valence-electron chi connectivity index (χ0n) is 11.9. The van der Waals surface area contributed by atoms with Crippen molar-refractivity contribution in [1.29, 1.82) is 0 Å². The van der Waals surface area contributed by atoms with E-state index < -0.39 is 6.04 Å². The monoisotopic (exact) mass is 252 g/mol. The zero-order valence-corrected chi connectivity index (χ0v) is 11.9. The van der Waals surface area contributed by atoms with Crippen LogP contribution in [0.2, 0.25) is 0 Å². The van der Waals surface area contributed by atoms with Gasteiger partial charge in [-0.2, -0.15) is 5.10 Å². The number of nitrogens with one attached hydrogen (secondary N) is 1. The van der Waals surface area contributed by atoms with Crippen LogP contribution in [0.3, 0.4) is 0 Å². The molecule has 0 aliphatic carbocycles. The Kier molecular flexibility index (Phi) is 4.51. The van der Waals surface area contributed by atoms with Crippen LogP contribution in [0, 0.1) is 11.3 Å². The second-order valence-electron chi connectivity index (χ2n) is 5.94. The fourth-order valence-corrected chi connectivity index (χ4v) is 1.42. The molecule has 2 unspecified atom stereocenters. The van der Waals surface area contributed by atoms with E-state index in [1.54, 1.807) is 24.1 Å². The van der Waals surface area contributed by atoms with Crippen LogP contribution in [0.5, 0.6) is 0 Å². The lowest BCUT2D eigenvalue weighted by atomic mass is 9.82. The highest BCUT2D eigenvalue weighted by atomic mass is 16.2. The van der Waals surface area contributed by atoms with E-state index >= 15 is 0 Å². The molecule has 2 atom stereocenters. The molecular formula is C13H24N4O. The number of carbonyl (C=O) groups is 1. The Labute approximate surface area is 109 Å². The van der Waals surface area contributed by atoms with Gasteiger partial charge in [0.15, 0.2) is 0 Å². The number of rotatable bonds is 4. The Morgan fingerprint density at radius 3 is 2.61 bits per heavy atom. The van der Waals surface area contributed by atoms with Crippen molar-refractivity contribution in [2.75, 3.05) is 6.54 Å². The van der Waals surface area contributed by atoms with Gasteiger partial charge in [0.2, 0.25) is 5.91 Å². The first-order valence-corrected chi connectivity index (χ1v) is 6.23. The number of hydrogen-bond donors (Lipinski definition) is 2. The Hall–Kier alpha value is -1.36. The van der Waals surface area contributed by atoms with Crippen LogP contribution in [0.1, 0.15) is 39.3 Å². The number of hydrogen-bond acceptors (Lipinski definition) is 3. The van der Waals surface area contributed by atoms with Crippen molar-refractivity contribution in [1.82, 2.24) is 15.1 Å².